The van der Waals surface area contributed by atoms with Crippen LogP contribution in [-0.4, -0.2) is 38.3 Å². The summed E-state index contributed by atoms with van der Waals surface area (Å²) in [6.07, 6.45) is 2.29. The van der Waals surface area contributed by atoms with Gasteiger partial charge in [0.05, 0.1) is 13.7 Å². The van der Waals surface area contributed by atoms with Crippen molar-refractivity contribution in [3.63, 3.8) is 0 Å². The fourth-order valence-corrected chi connectivity index (χ4v) is 3.68. The fraction of sp³-hybridized carbons (Fsp3) is 0.684. The maximum atomic E-state index is 6.12. The third kappa shape index (κ3) is 4.61. The molecule has 3 unspecified atom stereocenters. The molecule has 1 aliphatic heterocycles. The van der Waals surface area contributed by atoms with Gasteiger partial charge in [-0.25, -0.2) is 0 Å². The number of benzene rings is 1. The highest BCUT2D eigenvalue weighted by atomic mass is 16.5. The summed E-state index contributed by atoms with van der Waals surface area (Å²) < 4.78 is 11.3. The van der Waals surface area contributed by atoms with E-state index in [1.54, 1.807) is 7.11 Å². The lowest BCUT2D eigenvalue weighted by Crippen LogP contribution is -2.43. The van der Waals surface area contributed by atoms with Gasteiger partial charge in [0.15, 0.2) is 11.5 Å². The molecule has 0 spiro atoms. The smallest absolute Gasteiger partial charge is 0.161 e. The van der Waals surface area contributed by atoms with Gasteiger partial charge in [-0.2, -0.15) is 0 Å². The molecule has 1 aliphatic rings. The minimum absolute atomic E-state index is 0.245. The number of nitrogens with zero attached hydrogens (tertiary/aromatic N) is 1. The van der Waals surface area contributed by atoms with Gasteiger partial charge in [0.2, 0.25) is 0 Å². The molecule has 1 aromatic rings. The molecule has 2 rings (SSSR count). The van der Waals surface area contributed by atoms with E-state index in [1.165, 1.54) is 12.0 Å². The molecule has 4 nitrogen and oxygen atoms in total. The maximum Gasteiger partial charge on any atom is 0.161 e. The first kappa shape index (κ1) is 18.1. The Hall–Kier alpha value is -1.26. The third-order valence-corrected chi connectivity index (χ3v) is 4.60. The molecule has 0 saturated carbocycles. The van der Waals surface area contributed by atoms with Gasteiger partial charge < -0.3 is 15.2 Å². The lowest BCUT2D eigenvalue weighted by Gasteiger charge is -2.40. The standard InChI is InChI=1S/C19H32N2O2/c1-5-8-23-18-7-6-16(10-19(18)22-4)17(11-20)21-12-14(2)9-15(3)13-21/h6-7,10,14-15,17H,5,8-9,11-13,20H2,1-4H3. The molecule has 3 atom stereocenters. The summed E-state index contributed by atoms with van der Waals surface area (Å²) in [4.78, 5) is 2.53. The van der Waals surface area contributed by atoms with Crippen molar-refractivity contribution in [1.29, 1.82) is 0 Å². The van der Waals surface area contributed by atoms with Crippen molar-refractivity contribution < 1.29 is 9.47 Å². The van der Waals surface area contributed by atoms with E-state index in [0.717, 1.165) is 42.8 Å². The molecule has 1 aromatic carbocycles. The fourth-order valence-electron chi connectivity index (χ4n) is 3.68. The molecule has 0 radical (unpaired) electrons. The molecule has 23 heavy (non-hydrogen) atoms. The molecule has 1 heterocycles. The lowest BCUT2D eigenvalue weighted by atomic mass is 9.89. The lowest BCUT2D eigenvalue weighted by molar-refractivity contribution is 0.0982. The van der Waals surface area contributed by atoms with Crippen molar-refractivity contribution in [3.05, 3.63) is 23.8 Å². The Morgan fingerprint density at radius 1 is 1.22 bits per heavy atom. The number of piperidine rings is 1. The summed E-state index contributed by atoms with van der Waals surface area (Å²) in [5.74, 6) is 3.06. The third-order valence-electron chi connectivity index (χ3n) is 4.60. The first-order valence-electron chi connectivity index (χ1n) is 8.83. The number of rotatable bonds is 7. The van der Waals surface area contributed by atoms with Crippen molar-refractivity contribution in [1.82, 2.24) is 4.90 Å². The number of hydrogen-bond acceptors (Lipinski definition) is 4. The number of methoxy groups -OCH3 is 1. The summed E-state index contributed by atoms with van der Waals surface area (Å²) in [7, 11) is 1.69. The van der Waals surface area contributed by atoms with Crippen LogP contribution in [0.25, 0.3) is 0 Å². The van der Waals surface area contributed by atoms with Crippen LogP contribution in [0.1, 0.15) is 45.2 Å². The van der Waals surface area contributed by atoms with Crippen LogP contribution < -0.4 is 15.2 Å². The van der Waals surface area contributed by atoms with Crippen LogP contribution in [0.3, 0.4) is 0 Å². The molecule has 0 bridgehead atoms. The Kier molecular flexibility index (Phi) is 6.72. The van der Waals surface area contributed by atoms with Gasteiger partial charge in [0.25, 0.3) is 0 Å². The van der Waals surface area contributed by atoms with Gasteiger partial charge in [-0.15, -0.1) is 0 Å². The number of ether oxygens (including phenoxy) is 2. The molecule has 0 aromatic heterocycles. The summed E-state index contributed by atoms with van der Waals surface area (Å²) in [6, 6.07) is 6.49. The molecule has 2 N–H and O–H groups in total. The molecular weight excluding hydrogens is 288 g/mol. The van der Waals surface area contributed by atoms with Crippen molar-refractivity contribution in [2.45, 2.75) is 39.7 Å². The monoisotopic (exact) mass is 320 g/mol. The zero-order valence-electron chi connectivity index (χ0n) is 15.0. The molecule has 4 heteroatoms. The highest BCUT2D eigenvalue weighted by molar-refractivity contribution is 5.44. The zero-order chi connectivity index (χ0) is 16.8. The second-order valence-corrected chi connectivity index (χ2v) is 6.91. The van der Waals surface area contributed by atoms with E-state index >= 15 is 0 Å². The summed E-state index contributed by atoms with van der Waals surface area (Å²) in [6.45, 7) is 10.3. The van der Waals surface area contributed by atoms with Gasteiger partial charge >= 0.3 is 0 Å². The van der Waals surface area contributed by atoms with E-state index in [-0.39, 0.29) is 6.04 Å². The summed E-state index contributed by atoms with van der Waals surface area (Å²) in [5.41, 5.74) is 7.34. The van der Waals surface area contributed by atoms with Crippen molar-refractivity contribution in [3.8, 4) is 11.5 Å². The first-order valence-corrected chi connectivity index (χ1v) is 8.83. The van der Waals surface area contributed by atoms with E-state index in [1.807, 2.05) is 6.07 Å². The Balaban J connectivity index is 2.20. The number of nitrogens with two attached hydrogens (primary N) is 1. The van der Waals surface area contributed by atoms with Crippen molar-refractivity contribution in [2.75, 3.05) is 33.4 Å². The minimum atomic E-state index is 0.245. The van der Waals surface area contributed by atoms with Gasteiger partial charge in [-0.05, 0) is 42.4 Å². The second-order valence-electron chi connectivity index (χ2n) is 6.91. The minimum Gasteiger partial charge on any atom is -0.493 e. The second kappa shape index (κ2) is 8.55. The molecule has 0 amide bonds. The van der Waals surface area contributed by atoms with E-state index in [2.05, 4.69) is 37.8 Å². The van der Waals surface area contributed by atoms with Crippen LogP contribution in [0.2, 0.25) is 0 Å². The van der Waals surface area contributed by atoms with Crippen LogP contribution in [0.5, 0.6) is 11.5 Å². The number of likely N-dealkylation sites (tertiary alicyclic amines) is 1. The van der Waals surface area contributed by atoms with Crippen LogP contribution in [-0.2, 0) is 0 Å². The average molecular weight is 320 g/mol. The van der Waals surface area contributed by atoms with Crippen LogP contribution in [0, 0.1) is 11.8 Å². The summed E-state index contributed by atoms with van der Waals surface area (Å²) >= 11 is 0. The molecule has 1 saturated heterocycles. The average Bonchev–Trinajstić information content (AvgIpc) is 2.53. The maximum absolute atomic E-state index is 6.12. The Bertz CT molecular complexity index is 482. The van der Waals surface area contributed by atoms with Gasteiger partial charge in [0.1, 0.15) is 0 Å². The molecule has 0 aliphatic carbocycles. The molecule has 130 valence electrons. The molecule has 1 fully saturated rings. The van der Waals surface area contributed by atoms with Crippen LogP contribution >= 0.6 is 0 Å². The zero-order valence-corrected chi connectivity index (χ0v) is 15.0. The van der Waals surface area contributed by atoms with E-state index in [0.29, 0.717) is 13.2 Å². The largest absolute Gasteiger partial charge is 0.493 e. The Labute approximate surface area is 140 Å². The highest BCUT2D eigenvalue weighted by Crippen LogP contribution is 2.34. The Morgan fingerprint density at radius 3 is 2.48 bits per heavy atom. The SMILES string of the molecule is CCCOc1ccc(C(CN)N2CC(C)CC(C)C2)cc1OC. The highest BCUT2D eigenvalue weighted by Gasteiger charge is 2.28. The topological polar surface area (TPSA) is 47.7 Å². The Morgan fingerprint density at radius 2 is 1.91 bits per heavy atom. The number of hydrogen-bond donors (Lipinski definition) is 1. The van der Waals surface area contributed by atoms with E-state index < -0.39 is 0 Å². The van der Waals surface area contributed by atoms with Gasteiger partial charge in [0, 0.05) is 25.7 Å². The predicted octanol–water partition coefficient (Wildman–Crippen LogP) is 3.46. The van der Waals surface area contributed by atoms with Crippen molar-refractivity contribution >= 4 is 0 Å². The van der Waals surface area contributed by atoms with E-state index in [4.69, 9.17) is 15.2 Å². The van der Waals surface area contributed by atoms with E-state index in [9.17, 15) is 0 Å². The van der Waals surface area contributed by atoms with Gasteiger partial charge in [-0.1, -0.05) is 26.8 Å². The van der Waals surface area contributed by atoms with Gasteiger partial charge in [-0.3, -0.25) is 4.90 Å². The molecular formula is C19H32N2O2. The first-order chi connectivity index (χ1) is 11.1. The predicted molar refractivity (Wildman–Crippen MR) is 95.1 cm³/mol. The summed E-state index contributed by atoms with van der Waals surface area (Å²) in [5, 5.41) is 0. The quantitative estimate of drug-likeness (QED) is 0.836. The van der Waals surface area contributed by atoms with Crippen LogP contribution in [0.15, 0.2) is 18.2 Å². The van der Waals surface area contributed by atoms with Crippen molar-refractivity contribution in [2.24, 2.45) is 17.6 Å². The normalized spacial score (nSPS) is 23.5. The van der Waals surface area contributed by atoms with Crippen LogP contribution in [0.4, 0.5) is 0 Å².